The van der Waals surface area contributed by atoms with E-state index in [1.54, 1.807) is 0 Å². The monoisotopic (exact) mass is 278 g/mol. The minimum Gasteiger partial charge on any atom is -0.459 e. The number of nitrogens with two attached hydrogens (primary N) is 1. The number of likely N-dealkylation sites (N-methyl/N-ethyl adjacent to an activating group) is 1. The van der Waals surface area contributed by atoms with Crippen molar-refractivity contribution in [2.45, 2.75) is 39.7 Å². The van der Waals surface area contributed by atoms with Gasteiger partial charge < -0.3 is 15.8 Å². The lowest BCUT2D eigenvalue weighted by atomic mass is 9.96. The van der Waals surface area contributed by atoms with Gasteiger partial charge in [0.1, 0.15) is 6.10 Å². The second kappa shape index (κ2) is 8.72. The van der Waals surface area contributed by atoms with Crippen LogP contribution in [0.1, 0.15) is 42.3 Å². The van der Waals surface area contributed by atoms with Crippen molar-refractivity contribution >= 4 is 5.97 Å². The van der Waals surface area contributed by atoms with E-state index in [-0.39, 0.29) is 12.1 Å². The Morgan fingerprint density at radius 2 is 2.10 bits per heavy atom. The molecular formula is C16H26N2O2. The molecule has 0 saturated heterocycles. The predicted molar refractivity (Wildman–Crippen MR) is 82.0 cm³/mol. The number of hydrogen-bond donors (Lipinski definition) is 2. The molecule has 1 aliphatic rings. The number of rotatable bonds is 4. The summed E-state index contributed by atoms with van der Waals surface area (Å²) < 4.78 is 5.20. The van der Waals surface area contributed by atoms with Gasteiger partial charge in [0.15, 0.2) is 0 Å². The summed E-state index contributed by atoms with van der Waals surface area (Å²) in [6.45, 7) is 8.67. The lowest BCUT2D eigenvalue weighted by Gasteiger charge is -2.22. The van der Waals surface area contributed by atoms with E-state index in [4.69, 9.17) is 10.5 Å². The lowest BCUT2D eigenvalue weighted by molar-refractivity contribution is 0.0301. The first-order valence-corrected chi connectivity index (χ1v) is 7.35. The highest BCUT2D eigenvalue weighted by Gasteiger charge is 2.23. The zero-order valence-electron chi connectivity index (χ0n) is 12.7. The van der Waals surface area contributed by atoms with Crippen molar-refractivity contribution in [3.63, 3.8) is 0 Å². The largest absolute Gasteiger partial charge is 0.459 e. The quantitative estimate of drug-likeness (QED) is 0.652. The van der Waals surface area contributed by atoms with Crippen LogP contribution >= 0.6 is 0 Å². The normalized spacial score (nSPS) is 16.8. The Kier molecular flexibility index (Phi) is 7.26. The number of fused-ring (bicyclic) bond motifs is 1. The fourth-order valence-corrected chi connectivity index (χ4v) is 2.18. The molecule has 1 aliphatic heterocycles. The summed E-state index contributed by atoms with van der Waals surface area (Å²) in [5.41, 5.74) is 7.99. The number of esters is 1. The van der Waals surface area contributed by atoms with Crippen molar-refractivity contribution in [1.82, 2.24) is 5.32 Å². The number of carbonyl (C=O) groups is 1. The zero-order chi connectivity index (χ0) is 15.0. The molecule has 0 aromatic heterocycles. The highest BCUT2D eigenvalue weighted by atomic mass is 16.5. The first-order chi connectivity index (χ1) is 9.62. The number of carbonyl (C=O) groups excluding carboxylic acids is 1. The van der Waals surface area contributed by atoms with Crippen LogP contribution in [0.25, 0.3) is 0 Å². The molecule has 0 bridgehead atoms. The molecule has 0 radical (unpaired) electrons. The Morgan fingerprint density at radius 1 is 1.40 bits per heavy atom. The molecule has 4 nitrogen and oxygen atoms in total. The average Bonchev–Trinajstić information content (AvgIpc) is 2.39. The highest BCUT2D eigenvalue weighted by Crippen LogP contribution is 2.21. The van der Waals surface area contributed by atoms with E-state index in [0.29, 0.717) is 0 Å². The third kappa shape index (κ3) is 4.94. The van der Waals surface area contributed by atoms with Crippen LogP contribution in [0, 0.1) is 0 Å². The molecule has 0 aliphatic carbocycles. The summed E-state index contributed by atoms with van der Waals surface area (Å²) in [5.74, 6) is -0.183. The topological polar surface area (TPSA) is 64.3 Å². The smallest absolute Gasteiger partial charge is 0.338 e. The minimum absolute atomic E-state index is 0.000910. The van der Waals surface area contributed by atoms with E-state index in [2.05, 4.69) is 18.3 Å². The Bertz CT molecular complexity index is 432. The second-order valence-electron chi connectivity index (χ2n) is 4.92. The van der Waals surface area contributed by atoms with Gasteiger partial charge in [0.2, 0.25) is 0 Å². The minimum atomic E-state index is -0.183. The van der Waals surface area contributed by atoms with Crippen LogP contribution < -0.4 is 11.1 Å². The summed E-state index contributed by atoms with van der Waals surface area (Å²) in [6, 6.07) is 6.06. The second-order valence-corrected chi connectivity index (χ2v) is 4.92. The van der Waals surface area contributed by atoms with Gasteiger partial charge in [-0.25, -0.2) is 4.79 Å². The van der Waals surface area contributed by atoms with Crippen molar-refractivity contribution in [1.29, 1.82) is 0 Å². The van der Waals surface area contributed by atoms with Crippen LogP contribution in [-0.2, 0) is 17.6 Å². The first-order valence-electron chi connectivity index (χ1n) is 7.35. The lowest BCUT2D eigenvalue weighted by Crippen LogP contribution is -2.25. The molecule has 1 aromatic carbocycles. The van der Waals surface area contributed by atoms with Gasteiger partial charge in [0.25, 0.3) is 0 Å². The standard InChI is InChI=1S/C14H19NO2.C2H7N/c1-3-15-7-6-11-4-5-13-12(9-11)8-10(2)17-14(13)16;1-2-3/h4-5,9-10,15H,3,6-8H2,1-2H3;2-3H2,1H3. The summed E-state index contributed by atoms with van der Waals surface area (Å²) in [6.07, 6.45) is 1.83. The number of hydrogen-bond acceptors (Lipinski definition) is 4. The Labute approximate surface area is 121 Å². The van der Waals surface area contributed by atoms with Crippen molar-refractivity contribution in [3.8, 4) is 0 Å². The van der Waals surface area contributed by atoms with Gasteiger partial charge in [-0.1, -0.05) is 26.0 Å². The SMILES string of the molecule is CCN.CCNCCc1ccc2c(c1)CC(C)OC2=O. The molecule has 112 valence electrons. The zero-order valence-corrected chi connectivity index (χ0v) is 12.7. The summed E-state index contributed by atoms with van der Waals surface area (Å²) in [4.78, 5) is 11.6. The van der Waals surface area contributed by atoms with Gasteiger partial charge in [-0.05, 0) is 50.2 Å². The maximum atomic E-state index is 11.6. The highest BCUT2D eigenvalue weighted by molar-refractivity contribution is 5.92. The molecule has 4 heteroatoms. The van der Waals surface area contributed by atoms with E-state index in [1.165, 1.54) is 5.56 Å². The number of benzene rings is 1. The van der Waals surface area contributed by atoms with E-state index in [9.17, 15) is 4.79 Å². The fourth-order valence-electron chi connectivity index (χ4n) is 2.18. The summed E-state index contributed by atoms with van der Waals surface area (Å²) >= 11 is 0. The number of cyclic esters (lactones) is 1. The Morgan fingerprint density at radius 3 is 2.75 bits per heavy atom. The number of ether oxygens (including phenoxy) is 1. The van der Waals surface area contributed by atoms with E-state index in [0.717, 1.165) is 43.6 Å². The Balaban J connectivity index is 0.000000612. The maximum Gasteiger partial charge on any atom is 0.338 e. The molecule has 1 unspecified atom stereocenters. The predicted octanol–water partition coefficient (Wildman–Crippen LogP) is 1.91. The first kappa shape index (κ1) is 16.7. The van der Waals surface area contributed by atoms with E-state index in [1.807, 2.05) is 26.0 Å². The van der Waals surface area contributed by atoms with E-state index < -0.39 is 0 Å². The Hall–Kier alpha value is -1.39. The van der Waals surface area contributed by atoms with Crippen LogP contribution in [0.3, 0.4) is 0 Å². The summed E-state index contributed by atoms with van der Waals surface area (Å²) in [7, 11) is 0. The average molecular weight is 278 g/mol. The van der Waals surface area contributed by atoms with Gasteiger partial charge in [0, 0.05) is 6.42 Å². The molecule has 2 rings (SSSR count). The molecule has 0 fully saturated rings. The van der Waals surface area contributed by atoms with Crippen molar-refractivity contribution < 1.29 is 9.53 Å². The van der Waals surface area contributed by atoms with E-state index >= 15 is 0 Å². The van der Waals surface area contributed by atoms with Gasteiger partial charge >= 0.3 is 5.97 Å². The molecule has 0 amide bonds. The molecule has 20 heavy (non-hydrogen) atoms. The molecule has 1 heterocycles. The summed E-state index contributed by atoms with van der Waals surface area (Å²) in [5, 5.41) is 3.30. The fraction of sp³-hybridized carbons (Fsp3) is 0.562. The van der Waals surface area contributed by atoms with Gasteiger partial charge in [-0.3, -0.25) is 0 Å². The van der Waals surface area contributed by atoms with Gasteiger partial charge in [0.05, 0.1) is 5.56 Å². The molecule has 1 aromatic rings. The van der Waals surface area contributed by atoms with Crippen molar-refractivity contribution in [3.05, 3.63) is 34.9 Å². The molecule has 3 N–H and O–H groups in total. The third-order valence-corrected chi connectivity index (χ3v) is 3.05. The number of nitrogens with one attached hydrogen (secondary N) is 1. The van der Waals surface area contributed by atoms with Crippen molar-refractivity contribution in [2.24, 2.45) is 5.73 Å². The molecular weight excluding hydrogens is 252 g/mol. The van der Waals surface area contributed by atoms with Gasteiger partial charge in [-0.15, -0.1) is 0 Å². The van der Waals surface area contributed by atoms with Crippen LogP contribution in [0.2, 0.25) is 0 Å². The molecule has 0 saturated carbocycles. The van der Waals surface area contributed by atoms with Crippen LogP contribution in [0.15, 0.2) is 18.2 Å². The van der Waals surface area contributed by atoms with Crippen molar-refractivity contribution in [2.75, 3.05) is 19.6 Å². The maximum absolute atomic E-state index is 11.6. The van der Waals surface area contributed by atoms with Crippen LogP contribution in [0.4, 0.5) is 0 Å². The van der Waals surface area contributed by atoms with Crippen LogP contribution in [-0.4, -0.2) is 31.7 Å². The van der Waals surface area contributed by atoms with Gasteiger partial charge in [-0.2, -0.15) is 0 Å². The molecule has 0 spiro atoms. The molecule has 1 atom stereocenters. The third-order valence-electron chi connectivity index (χ3n) is 3.05. The van der Waals surface area contributed by atoms with Crippen LogP contribution in [0.5, 0.6) is 0 Å².